The van der Waals surface area contributed by atoms with E-state index < -0.39 is 12.0 Å². The lowest BCUT2D eigenvalue weighted by atomic mass is 9.93. The summed E-state index contributed by atoms with van der Waals surface area (Å²) < 4.78 is 0. The lowest BCUT2D eigenvalue weighted by Gasteiger charge is -2.27. The first-order valence-corrected chi connectivity index (χ1v) is 7.35. The Morgan fingerprint density at radius 2 is 1.90 bits per heavy atom. The van der Waals surface area contributed by atoms with Crippen molar-refractivity contribution in [2.24, 2.45) is 17.8 Å². The van der Waals surface area contributed by atoms with Crippen LogP contribution >= 0.6 is 0 Å². The second-order valence-corrected chi connectivity index (χ2v) is 5.87. The fourth-order valence-electron chi connectivity index (χ4n) is 3.78. The van der Waals surface area contributed by atoms with Gasteiger partial charge in [0.25, 0.3) is 0 Å². The van der Waals surface area contributed by atoms with Crippen molar-refractivity contribution in [2.75, 3.05) is 6.54 Å². The van der Waals surface area contributed by atoms with Crippen molar-refractivity contribution < 1.29 is 14.7 Å². The summed E-state index contributed by atoms with van der Waals surface area (Å²) >= 11 is 0. The lowest BCUT2D eigenvalue weighted by molar-refractivity contribution is -0.151. The Hall–Kier alpha value is -1.58. The predicted molar refractivity (Wildman–Crippen MR) is 77.1 cm³/mol. The Bertz CT molecular complexity index is 408. The van der Waals surface area contributed by atoms with Gasteiger partial charge in [-0.05, 0) is 37.5 Å². The highest BCUT2D eigenvalue weighted by molar-refractivity contribution is 5.86. The fourth-order valence-corrected chi connectivity index (χ4v) is 3.78. The molecular formula is C16H23NO3. The number of likely N-dealkylation sites (tertiary alicyclic amines) is 1. The molecule has 1 heterocycles. The molecule has 1 N–H and O–H groups in total. The third-order valence-electron chi connectivity index (χ3n) is 4.68. The third-order valence-corrected chi connectivity index (χ3v) is 4.68. The van der Waals surface area contributed by atoms with Gasteiger partial charge in [-0.25, -0.2) is 4.79 Å². The van der Waals surface area contributed by atoms with Gasteiger partial charge in [-0.1, -0.05) is 18.6 Å². The maximum absolute atomic E-state index is 12.6. The van der Waals surface area contributed by atoms with Gasteiger partial charge < -0.3 is 10.0 Å². The number of aliphatic carboxylic acids is 1. The molecule has 0 spiro atoms. The molecule has 3 unspecified atom stereocenters. The molecule has 3 atom stereocenters. The summed E-state index contributed by atoms with van der Waals surface area (Å²) in [7, 11) is 0. The summed E-state index contributed by atoms with van der Waals surface area (Å²) in [6.45, 7) is 7.97. The van der Waals surface area contributed by atoms with Crippen LogP contribution in [0.2, 0.25) is 0 Å². The summed E-state index contributed by atoms with van der Waals surface area (Å²) in [5.41, 5.74) is 0. The number of nitrogens with zero attached hydrogens (tertiary/aromatic N) is 1. The highest BCUT2D eigenvalue weighted by Crippen LogP contribution is 2.43. The molecule has 1 aliphatic carbocycles. The zero-order valence-electron chi connectivity index (χ0n) is 11.8. The van der Waals surface area contributed by atoms with Crippen molar-refractivity contribution in [1.29, 1.82) is 0 Å². The Morgan fingerprint density at radius 3 is 2.45 bits per heavy atom. The molecule has 1 saturated carbocycles. The van der Waals surface area contributed by atoms with Crippen LogP contribution in [-0.2, 0) is 9.59 Å². The SMILES string of the molecule is C=CCC(CC=C)C(=O)N1CC2CCCC2C1C(=O)O. The number of amides is 1. The van der Waals surface area contributed by atoms with Crippen molar-refractivity contribution in [2.45, 2.75) is 38.1 Å². The predicted octanol–water partition coefficient (Wildman–Crippen LogP) is 2.47. The smallest absolute Gasteiger partial charge is 0.326 e. The highest BCUT2D eigenvalue weighted by atomic mass is 16.4. The Kier molecular flexibility index (Phi) is 4.63. The summed E-state index contributed by atoms with van der Waals surface area (Å²) in [6.07, 6.45) is 7.65. The number of carbonyl (C=O) groups excluding carboxylic acids is 1. The van der Waals surface area contributed by atoms with Crippen LogP contribution < -0.4 is 0 Å². The summed E-state index contributed by atoms with van der Waals surface area (Å²) in [6, 6.07) is -0.632. The quantitative estimate of drug-likeness (QED) is 0.759. The van der Waals surface area contributed by atoms with Gasteiger partial charge in [0.15, 0.2) is 0 Å². The minimum atomic E-state index is -0.858. The molecule has 1 saturated heterocycles. The van der Waals surface area contributed by atoms with Crippen LogP contribution in [0.15, 0.2) is 25.3 Å². The number of hydrogen-bond acceptors (Lipinski definition) is 2. The van der Waals surface area contributed by atoms with Crippen molar-refractivity contribution in [3.05, 3.63) is 25.3 Å². The minimum Gasteiger partial charge on any atom is -0.480 e. The third kappa shape index (κ3) is 2.65. The van der Waals surface area contributed by atoms with Crippen LogP contribution in [0.4, 0.5) is 0 Å². The van der Waals surface area contributed by atoms with Gasteiger partial charge in [0.05, 0.1) is 0 Å². The molecule has 2 rings (SSSR count). The van der Waals surface area contributed by atoms with Gasteiger partial charge in [-0.15, -0.1) is 13.2 Å². The number of carboxylic acid groups (broad SMARTS) is 1. The van der Waals surface area contributed by atoms with Crippen molar-refractivity contribution in [1.82, 2.24) is 4.90 Å². The molecule has 1 aliphatic heterocycles. The van der Waals surface area contributed by atoms with E-state index in [9.17, 15) is 14.7 Å². The van der Waals surface area contributed by atoms with E-state index in [0.29, 0.717) is 25.3 Å². The molecule has 0 bridgehead atoms. The Balaban J connectivity index is 2.17. The molecule has 4 nitrogen and oxygen atoms in total. The minimum absolute atomic E-state index is 0.0494. The summed E-state index contributed by atoms with van der Waals surface area (Å²) in [5, 5.41) is 9.49. The topological polar surface area (TPSA) is 57.6 Å². The number of hydrogen-bond donors (Lipinski definition) is 1. The highest BCUT2D eigenvalue weighted by Gasteiger charge is 2.50. The molecule has 2 aliphatic rings. The van der Waals surface area contributed by atoms with E-state index in [1.54, 1.807) is 17.1 Å². The van der Waals surface area contributed by atoms with Crippen LogP contribution in [0, 0.1) is 17.8 Å². The van der Waals surface area contributed by atoms with Crippen LogP contribution in [0.1, 0.15) is 32.1 Å². The summed E-state index contributed by atoms with van der Waals surface area (Å²) in [4.78, 5) is 25.8. The monoisotopic (exact) mass is 277 g/mol. The van der Waals surface area contributed by atoms with E-state index in [1.807, 2.05) is 0 Å². The molecule has 2 fully saturated rings. The van der Waals surface area contributed by atoms with Crippen LogP contribution in [-0.4, -0.2) is 34.5 Å². The summed E-state index contributed by atoms with van der Waals surface area (Å²) in [5.74, 6) is -0.612. The zero-order chi connectivity index (χ0) is 14.7. The molecule has 0 aromatic rings. The van der Waals surface area contributed by atoms with Crippen molar-refractivity contribution in [3.63, 3.8) is 0 Å². The second-order valence-electron chi connectivity index (χ2n) is 5.87. The second kappa shape index (κ2) is 6.25. The maximum Gasteiger partial charge on any atom is 0.326 e. The standard InChI is InChI=1S/C16H23NO3/c1-3-6-11(7-4-2)15(18)17-10-12-8-5-9-13(12)14(17)16(19)20/h3-4,11-14H,1-2,5-10H2,(H,19,20). The van der Waals surface area contributed by atoms with Gasteiger partial charge >= 0.3 is 5.97 Å². The molecule has 0 aromatic heterocycles. The van der Waals surface area contributed by atoms with Gasteiger partial charge in [0.2, 0.25) is 5.91 Å². The Labute approximate surface area is 120 Å². The number of fused-ring (bicyclic) bond motifs is 1. The van der Waals surface area contributed by atoms with Crippen molar-refractivity contribution in [3.8, 4) is 0 Å². The largest absolute Gasteiger partial charge is 0.480 e. The molecule has 20 heavy (non-hydrogen) atoms. The van der Waals surface area contributed by atoms with E-state index in [-0.39, 0.29) is 17.7 Å². The number of allylic oxidation sites excluding steroid dienone is 2. The average Bonchev–Trinajstić information content (AvgIpc) is 2.96. The zero-order valence-corrected chi connectivity index (χ0v) is 11.8. The van der Waals surface area contributed by atoms with E-state index in [1.165, 1.54) is 0 Å². The number of rotatable bonds is 6. The average molecular weight is 277 g/mol. The van der Waals surface area contributed by atoms with E-state index in [2.05, 4.69) is 13.2 Å². The molecule has 1 amide bonds. The first kappa shape index (κ1) is 14.8. The van der Waals surface area contributed by atoms with Crippen LogP contribution in [0.5, 0.6) is 0 Å². The number of carbonyl (C=O) groups is 2. The van der Waals surface area contributed by atoms with Crippen LogP contribution in [0.25, 0.3) is 0 Å². The molecule has 0 radical (unpaired) electrons. The molecular weight excluding hydrogens is 254 g/mol. The van der Waals surface area contributed by atoms with Crippen molar-refractivity contribution >= 4 is 11.9 Å². The lowest BCUT2D eigenvalue weighted by Crippen LogP contribution is -2.45. The molecule has 4 heteroatoms. The Morgan fingerprint density at radius 1 is 1.25 bits per heavy atom. The number of carboxylic acids is 1. The van der Waals surface area contributed by atoms with Gasteiger partial charge in [0.1, 0.15) is 6.04 Å². The first-order valence-electron chi connectivity index (χ1n) is 7.35. The van der Waals surface area contributed by atoms with E-state index in [0.717, 1.165) is 19.3 Å². The van der Waals surface area contributed by atoms with E-state index in [4.69, 9.17) is 0 Å². The van der Waals surface area contributed by atoms with Gasteiger partial charge in [-0.3, -0.25) is 4.79 Å². The maximum atomic E-state index is 12.6. The first-order chi connectivity index (χ1) is 9.60. The normalized spacial score (nSPS) is 28.4. The molecule has 0 aromatic carbocycles. The van der Waals surface area contributed by atoms with Gasteiger partial charge in [-0.2, -0.15) is 0 Å². The van der Waals surface area contributed by atoms with Crippen LogP contribution in [0.3, 0.4) is 0 Å². The van der Waals surface area contributed by atoms with E-state index >= 15 is 0 Å². The fraction of sp³-hybridized carbons (Fsp3) is 0.625. The van der Waals surface area contributed by atoms with Gasteiger partial charge in [0, 0.05) is 12.5 Å². The molecule has 110 valence electrons.